The number of nitrogens with one attached hydrogen (secondary N) is 1. The number of carbonyl (C=O) groups is 1. The van der Waals surface area contributed by atoms with E-state index in [2.05, 4.69) is 15.3 Å². The Balaban J connectivity index is 1.92. The molecule has 1 fully saturated rings. The van der Waals surface area contributed by atoms with Crippen molar-refractivity contribution in [2.45, 2.75) is 13.0 Å². The third kappa shape index (κ3) is 2.70. The summed E-state index contributed by atoms with van der Waals surface area (Å²) < 4.78 is 0. The van der Waals surface area contributed by atoms with Crippen LogP contribution in [0.4, 0.5) is 5.69 Å². The summed E-state index contributed by atoms with van der Waals surface area (Å²) in [6.07, 6.45) is 1.75. The molecule has 0 radical (unpaired) electrons. The fraction of sp³-hybridized carbons (Fsp3) is 0.211. The molecule has 5 nitrogen and oxygen atoms in total. The summed E-state index contributed by atoms with van der Waals surface area (Å²) in [5, 5.41) is 3.99. The summed E-state index contributed by atoms with van der Waals surface area (Å²) in [6, 6.07) is 12.7. The summed E-state index contributed by atoms with van der Waals surface area (Å²) in [5.41, 5.74) is 3.98. The van der Waals surface area contributed by atoms with Crippen molar-refractivity contribution in [1.29, 1.82) is 0 Å². The molecule has 126 valence electrons. The summed E-state index contributed by atoms with van der Waals surface area (Å²) in [5.74, 6) is -0.101. The Bertz CT molecular complexity index is 874. The maximum Gasteiger partial charge on any atom is 0.277 e. The molecule has 0 aliphatic carbocycles. The van der Waals surface area contributed by atoms with Gasteiger partial charge in [0.1, 0.15) is 11.8 Å². The molecular weight excluding hydrogens is 336 g/mol. The molecule has 3 heterocycles. The van der Waals surface area contributed by atoms with Gasteiger partial charge < -0.3 is 5.32 Å². The first-order valence-corrected chi connectivity index (χ1v) is 8.54. The van der Waals surface area contributed by atoms with Gasteiger partial charge in [-0.3, -0.25) is 19.7 Å². The molecule has 0 spiro atoms. The fourth-order valence-electron chi connectivity index (χ4n) is 3.33. The minimum Gasteiger partial charge on any atom is -0.386 e. The highest BCUT2D eigenvalue weighted by atomic mass is 35.5. The Kier molecular flexibility index (Phi) is 4.01. The van der Waals surface area contributed by atoms with Gasteiger partial charge >= 0.3 is 0 Å². The van der Waals surface area contributed by atoms with Gasteiger partial charge in [0.25, 0.3) is 5.91 Å². The number of aliphatic imine (C=N–C) groups is 1. The lowest BCUT2D eigenvalue weighted by atomic mass is 10.0. The highest BCUT2D eigenvalue weighted by molar-refractivity contribution is 6.53. The Morgan fingerprint density at radius 3 is 2.72 bits per heavy atom. The van der Waals surface area contributed by atoms with E-state index < -0.39 is 0 Å². The number of hydrogen-bond donors (Lipinski definition) is 1. The van der Waals surface area contributed by atoms with Crippen LogP contribution in [0.1, 0.15) is 18.7 Å². The molecule has 6 heteroatoms. The largest absolute Gasteiger partial charge is 0.386 e. The van der Waals surface area contributed by atoms with E-state index in [1.165, 1.54) is 0 Å². The highest BCUT2D eigenvalue weighted by Crippen LogP contribution is 2.40. The predicted octanol–water partition coefficient (Wildman–Crippen LogP) is 3.14. The standard InChI is InChI=1S/C19H17ClN4O/c1-12-16-17(23-11-10-21-12)19(25)24(14-7-5-13(20)6-8-14)18(16)15-4-2-3-9-22-15/h2-9,18,21H,10-11H2,1H3. The number of rotatable bonds is 2. The Morgan fingerprint density at radius 1 is 1.20 bits per heavy atom. The van der Waals surface area contributed by atoms with E-state index >= 15 is 0 Å². The molecule has 4 rings (SSSR count). The molecule has 1 atom stereocenters. The Morgan fingerprint density at radius 2 is 2.00 bits per heavy atom. The third-order valence-electron chi connectivity index (χ3n) is 4.46. The smallest absolute Gasteiger partial charge is 0.277 e. The molecule has 0 saturated carbocycles. The summed E-state index contributed by atoms with van der Waals surface area (Å²) in [7, 11) is 0. The lowest BCUT2D eigenvalue weighted by Gasteiger charge is -2.25. The number of fused-ring (bicyclic) bond motifs is 1. The molecule has 1 amide bonds. The molecule has 25 heavy (non-hydrogen) atoms. The first-order chi connectivity index (χ1) is 12.2. The number of carbonyl (C=O) groups excluding carboxylic acids is 1. The zero-order chi connectivity index (χ0) is 17.4. The summed E-state index contributed by atoms with van der Waals surface area (Å²) in [4.78, 5) is 24.0. The number of aromatic nitrogens is 1. The van der Waals surface area contributed by atoms with Crippen molar-refractivity contribution in [1.82, 2.24) is 10.3 Å². The predicted molar refractivity (Wildman–Crippen MR) is 98.9 cm³/mol. The van der Waals surface area contributed by atoms with Crippen molar-refractivity contribution in [3.05, 3.63) is 70.6 Å². The average molecular weight is 353 g/mol. The number of amides is 1. The number of pyridine rings is 1. The van der Waals surface area contributed by atoms with Crippen LogP contribution in [0.25, 0.3) is 0 Å². The second-order valence-electron chi connectivity index (χ2n) is 6.00. The van der Waals surface area contributed by atoms with Gasteiger partial charge in [0, 0.05) is 34.7 Å². The second kappa shape index (κ2) is 6.33. The topological polar surface area (TPSA) is 57.6 Å². The number of benzene rings is 1. The van der Waals surface area contributed by atoms with Crippen LogP contribution in [0.3, 0.4) is 0 Å². The van der Waals surface area contributed by atoms with Crippen LogP contribution in [0.5, 0.6) is 0 Å². The van der Waals surface area contributed by atoms with Crippen molar-refractivity contribution >= 4 is 28.9 Å². The molecule has 2 aliphatic heterocycles. The third-order valence-corrected chi connectivity index (χ3v) is 4.71. The molecule has 2 aliphatic rings. The molecule has 0 bridgehead atoms. The molecule has 1 unspecified atom stereocenters. The van der Waals surface area contributed by atoms with E-state index in [1.54, 1.807) is 23.2 Å². The van der Waals surface area contributed by atoms with Gasteiger partial charge in [-0.25, -0.2) is 0 Å². The SMILES string of the molecule is CC1=C2C(=NCCN1)C(=O)N(c1ccc(Cl)cc1)C2c1ccccn1. The maximum absolute atomic E-state index is 13.2. The van der Waals surface area contributed by atoms with Crippen LogP contribution in [-0.4, -0.2) is 29.7 Å². The van der Waals surface area contributed by atoms with Crippen molar-refractivity contribution in [3.8, 4) is 0 Å². The van der Waals surface area contributed by atoms with E-state index in [4.69, 9.17) is 11.6 Å². The van der Waals surface area contributed by atoms with Crippen LogP contribution in [-0.2, 0) is 4.79 Å². The monoisotopic (exact) mass is 352 g/mol. The van der Waals surface area contributed by atoms with Crippen molar-refractivity contribution in [2.75, 3.05) is 18.0 Å². The van der Waals surface area contributed by atoms with Crippen molar-refractivity contribution in [2.24, 2.45) is 4.99 Å². The first-order valence-electron chi connectivity index (χ1n) is 8.16. The normalized spacial score (nSPS) is 20.1. The van der Waals surface area contributed by atoms with Gasteiger partial charge in [-0.05, 0) is 43.3 Å². The number of allylic oxidation sites excluding steroid dienone is 1. The van der Waals surface area contributed by atoms with Gasteiger partial charge in [-0.15, -0.1) is 0 Å². The Labute approximate surface area is 151 Å². The maximum atomic E-state index is 13.2. The van der Waals surface area contributed by atoms with Crippen molar-refractivity contribution in [3.63, 3.8) is 0 Å². The quantitative estimate of drug-likeness (QED) is 0.903. The lowest BCUT2D eigenvalue weighted by molar-refractivity contribution is -0.112. The molecule has 1 aromatic carbocycles. The van der Waals surface area contributed by atoms with Crippen LogP contribution in [0, 0.1) is 0 Å². The van der Waals surface area contributed by atoms with Crippen LogP contribution < -0.4 is 10.2 Å². The molecule has 2 aromatic rings. The zero-order valence-corrected chi connectivity index (χ0v) is 14.5. The zero-order valence-electron chi connectivity index (χ0n) is 13.7. The number of anilines is 1. The van der Waals surface area contributed by atoms with Crippen LogP contribution >= 0.6 is 11.6 Å². The average Bonchev–Trinajstić information content (AvgIpc) is 2.78. The van der Waals surface area contributed by atoms with Gasteiger partial charge in [0.2, 0.25) is 0 Å². The van der Waals surface area contributed by atoms with E-state index in [0.717, 1.165) is 29.2 Å². The fourth-order valence-corrected chi connectivity index (χ4v) is 3.46. The highest BCUT2D eigenvalue weighted by Gasteiger charge is 2.45. The molecule has 1 aromatic heterocycles. The van der Waals surface area contributed by atoms with Gasteiger partial charge in [-0.1, -0.05) is 17.7 Å². The second-order valence-corrected chi connectivity index (χ2v) is 6.44. The summed E-state index contributed by atoms with van der Waals surface area (Å²) >= 11 is 6.02. The minimum atomic E-state index is -0.306. The number of hydrogen-bond acceptors (Lipinski definition) is 4. The van der Waals surface area contributed by atoms with Crippen LogP contribution in [0.15, 0.2) is 64.9 Å². The number of nitrogens with zero attached hydrogens (tertiary/aromatic N) is 3. The number of halogens is 1. The molecule has 1 N–H and O–H groups in total. The minimum absolute atomic E-state index is 0.101. The molecule has 1 saturated heterocycles. The summed E-state index contributed by atoms with van der Waals surface area (Å²) in [6.45, 7) is 3.29. The van der Waals surface area contributed by atoms with E-state index in [9.17, 15) is 4.79 Å². The van der Waals surface area contributed by atoms with E-state index in [1.807, 2.05) is 37.3 Å². The van der Waals surface area contributed by atoms with Gasteiger partial charge in [-0.2, -0.15) is 0 Å². The Hall–Kier alpha value is -2.66. The van der Waals surface area contributed by atoms with Gasteiger partial charge in [0.05, 0.1) is 12.2 Å². The lowest BCUT2D eigenvalue weighted by Crippen LogP contribution is -2.30. The first kappa shape index (κ1) is 15.8. The van der Waals surface area contributed by atoms with E-state index in [-0.39, 0.29) is 11.9 Å². The van der Waals surface area contributed by atoms with Crippen LogP contribution in [0.2, 0.25) is 5.02 Å². The van der Waals surface area contributed by atoms with Gasteiger partial charge in [0.15, 0.2) is 0 Å². The molecular formula is C19H17ClN4O. The van der Waals surface area contributed by atoms with Crippen molar-refractivity contribution < 1.29 is 4.79 Å². The van der Waals surface area contributed by atoms with E-state index in [0.29, 0.717) is 17.3 Å².